The van der Waals surface area contributed by atoms with Crippen LogP contribution in [0.3, 0.4) is 0 Å². The van der Waals surface area contributed by atoms with Gasteiger partial charge in [0.05, 0.1) is 0 Å². The molecule has 3 heterocycles. The van der Waals surface area contributed by atoms with Gasteiger partial charge in [0, 0.05) is 43.6 Å². The van der Waals surface area contributed by atoms with E-state index in [-0.39, 0.29) is 27.5 Å². The average molecular weight is 499 g/mol. The Balaban J connectivity index is 1.36. The van der Waals surface area contributed by atoms with Crippen LogP contribution in [0, 0.1) is 12.8 Å². The molecule has 1 aliphatic rings. The molecule has 0 radical (unpaired) electrons. The third kappa shape index (κ3) is 5.63. The summed E-state index contributed by atoms with van der Waals surface area (Å²) >= 11 is 1.11. The van der Waals surface area contributed by atoms with Crippen molar-refractivity contribution in [3.8, 4) is 0 Å². The molecule has 10 heteroatoms. The maximum absolute atomic E-state index is 13.1. The van der Waals surface area contributed by atoms with Crippen LogP contribution in [0.1, 0.15) is 33.6 Å². The Morgan fingerprint density at radius 2 is 1.85 bits per heavy atom. The Hall–Kier alpha value is -3.24. The molecule has 0 bridgehead atoms. The second-order valence-corrected chi connectivity index (χ2v) is 10.8. The summed E-state index contributed by atoms with van der Waals surface area (Å²) in [5, 5.41) is 4.53. The molecule has 1 saturated heterocycles. The number of piperidine rings is 1. The highest BCUT2D eigenvalue weighted by molar-refractivity contribution is 7.93. The molecule has 4 rings (SSSR count). The predicted molar refractivity (Wildman–Crippen MR) is 131 cm³/mol. The van der Waals surface area contributed by atoms with Crippen LogP contribution in [0.4, 0.5) is 5.69 Å². The van der Waals surface area contributed by atoms with E-state index in [2.05, 4.69) is 15.0 Å². The zero-order chi connectivity index (χ0) is 24.1. The van der Waals surface area contributed by atoms with Crippen molar-refractivity contribution in [1.29, 1.82) is 0 Å². The van der Waals surface area contributed by atoms with Crippen LogP contribution >= 0.6 is 11.3 Å². The van der Waals surface area contributed by atoms with E-state index in [1.807, 2.05) is 31.2 Å². The first kappa shape index (κ1) is 23.9. The molecule has 3 aromatic rings. The highest BCUT2D eigenvalue weighted by atomic mass is 32.2. The van der Waals surface area contributed by atoms with Gasteiger partial charge in [0.15, 0.2) is 0 Å². The monoisotopic (exact) mass is 498 g/mol. The highest BCUT2D eigenvalue weighted by Crippen LogP contribution is 2.28. The maximum Gasteiger partial charge on any atom is 0.265 e. The van der Waals surface area contributed by atoms with Crippen molar-refractivity contribution in [3.63, 3.8) is 0 Å². The molecule has 1 aromatic carbocycles. The van der Waals surface area contributed by atoms with Gasteiger partial charge < -0.3 is 10.2 Å². The number of benzene rings is 1. The number of anilines is 1. The molecule has 2 amide bonds. The zero-order valence-electron chi connectivity index (χ0n) is 18.7. The van der Waals surface area contributed by atoms with E-state index in [0.717, 1.165) is 22.5 Å². The second-order valence-electron chi connectivity index (χ2n) is 8.23. The van der Waals surface area contributed by atoms with E-state index in [1.54, 1.807) is 34.8 Å². The lowest BCUT2D eigenvalue weighted by Gasteiger charge is -2.31. The molecular formula is C24H26N4O4S2. The molecule has 2 aromatic heterocycles. The summed E-state index contributed by atoms with van der Waals surface area (Å²) in [6.07, 6.45) is 4.45. The minimum Gasteiger partial charge on any atom is -0.352 e. The summed E-state index contributed by atoms with van der Waals surface area (Å²) in [5.41, 5.74) is 2.38. The number of hydrogen-bond acceptors (Lipinski definition) is 6. The highest BCUT2D eigenvalue weighted by Gasteiger charge is 2.31. The van der Waals surface area contributed by atoms with Gasteiger partial charge in [-0.3, -0.25) is 19.3 Å². The summed E-state index contributed by atoms with van der Waals surface area (Å²) in [4.78, 5) is 31.5. The van der Waals surface area contributed by atoms with Crippen LogP contribution in [0.15, 0.2) is 65.1 Å². The minimum absolute atomic E-state index is 0.0283. The van der Waals surface area contributed by atoms with Crippen LogP contribution in [0.25, 0.3) is 0 Å². The van der Waals surface area contributed by atoms with Gasteiger partial charge in [0.1, 0.15) is 9.77 Å². The first-order chi connectivity index (χ1) is 16.3. The van der Waals surface area contributed by atoms with Gasteiger partial charge in [0.25, 0.3) is 15.9 Å². The van der Waals surface area contributed by atoms with E-state index in [9.17, 15) is 18.0 Å². The molecule has 0 atom stereocenters. The molecule has 34 heavy (non-hydrogen) atoms. The second kappa shape index (κ2) is 10.4. The molecule has 0 unspecified atom stereocenters. The van der Waals surface area contributed by atoms with Crippen LogP contribution < -0.4 is 10.0 Å². The Morgan fingerprint density at radius 1 is 1.12 bits per heavy atom. The molecule has 8 nitrogen and oxygen atoms in total. The lowest BCUT2D eigenvalue weighted by atomic mass is 9.95. The van der Waals surface area contributed by atoms with Crippen LogP contribution in [0.5, 0.6) is 0 Å². The molecule has 1 aliphatic heterocycles. The molecule has 178 valence electrons. The van der Waals surface area contributed by atoms with Gasteiger partial charge in [-0.2, -0.15) is 0 Å². The fraction of sp³-hybridized carbons (Fsp3) is 0.292. The number of carbonyl (C=O) groups excluding carboxylic acids is 2. The van der Waals surface area contributed by atoms with Crippen LogP contribution in [-0.2, 0) is 21.4 Å². The van der Waals surface area contributed by atoms with E-state index in [1.165, 1.54) is 6.07 Å². The quantitative estimate of drug-likeness (QED) is 0.519. The number of aromatic nitrogens is 1. The van der Waals surface area contributed by atoms with Crippen molar-refractivity contribution in [3.05, 3.63) is 76.2 Å². The number of likely N-dealkylation sites (tertiary alicyclic amines) is 1. The predicted octanol–water partition coefficient (Wildman–Crippen LogP) is 3.42. The summed E-state index contributed by atoms with van der Waals surface area (Å²) in [6, 6.07) is 12.2. The third-order valence-electron chi connectivity index (χ3n) is 5.76. The van der Waals surface area contributed by atoms with Crippen molar-refractivity contribution in [1.82, 2.24) is 15.2 Å². The summed E-state index contributed by atoms with van der Waals surface area (Å²) < 4.78 is 28.5. The molecular weight excluding hydrogens is 472 g/mol. The lowest BCUT2D eigenvalue weighted by molar-refractivity contribution is -0.126. The normalized spacial score (nSPS) is 14.6. The molecule has 0 aliphatic carbocycles. The van der Waals surface area contributed by atoms with E-state index in [4.69, 9.17) is 0 Å². The van der Waals surface area contributed by atoms with Crippen molar-refractivity contribution in [2.24, 2.45) is 5.92 Å². The minimum atomic E-state index is -3.91. The first-order valence-corrected chi connectivity index (χ1v) is 13.3. The van der Waals surface area contributed by atoms with Crippen LogP contribution in [-0.4, -0.2) is 43.2 Å². The topological polar surface area (TPSA) is 108 Å². The Morgan fingerprint density at radius 3 is 2.53 bits per heavy atom. The largest absolute Gasteiger partial charge is 0.352 e. The number of thiophene rings is 1. The first-order valence-electron chi connectivity index (χ1n) is 11.0. The van der Waals surface area contributed by atoms with Gasteiger partial charge in [-0.1, -0.05) is 23.8 Å². The van der Waals surface area contributed by atoms with Crippen molar-refractivity contribution >= 4 is 38.9 Å². The average Bonchev–Trinajstić information content (AvgIpc) is 3.35. The molecule has 1 fully saturated rings. The van der Waals surface area contributed by atoms with Gasteiger partial charge in [-0.05, 0) is 55.0 Å². The van der Waals surface area contributed by atoms with Crippen molar-refractivity contribution in [2.45, 2.75) is 31.2 Å². The Kier molecular flexibility index (Phi) is 7.28. The number of pyridine rings is 1. The van der Waals surface area contributed by atoms with E-state index in [0.29, 0.717) is 38.2 Å². The van der Waals surface area contributed by atoms with Crippen molar-refractivity contribution in [2.75, 3.05) is 17.8 Å². The third-order valence-corrected chi connectivity index (χ3v) is 8.21. The molecule has 0 spiro atoms. The Bertz CT molecular complexity index is 1250. The summed E-state index contributed by atoms with van der Waals surface area (Å²) in [5.74, 6) is -0.554. The number of rotatable bonds is 7. The fourth-order valence-corrected chi connectivity index (χ4v) is 6.27. The SMILES string of the molecule is Cc1ccc(NS(=O)(=O)c2ccsc2C(=O)N2CCC(C(=O)NCc3cccnc3)CC2)cc1. The van der Waals surface area contributed by atoms with Crippen LogP contribution in [0.2, 0.25) is 0 Å². The zero-order valence-corrected chi connectivity index (χ0v) is 20.4. The Labute approximate surface area is 203 Å². The number of hydrogen-bond donors (Lipinski definition) is 2. The lowest BCUT2D eigenvalue weighted by Crippen LogP contribution is -2.43. The number of nitrogens with zero attached hydrogens (tertiary/aromatic N) is 2. The van der Waals surface area contributed by atoms with E-state index < -0.39 is 10.0 Å². The van der Waals surface area contributed by atoms with E-state index >= 15 is 0 Å². The standard InChI is InChI=1S/C24H26N4O4S2/c1-17-4-6-20(7-5-17)27-34(31,32)21-10-14-33-22(21)24(30)28-12-8-19(9-13-28)23(29)26-16-18-3-2-11-25-15-18/h2-7,10-11,14-15,19,27H,8-9,12-13,16H2,1H3,(H,26,29). The molecule has 0 saturated carbocycles. The number of nitrogens with one attached hydrogen (secondary N) is 2. The van der Waals surface area contributed by atoms with Gasteiger partial charge >= 0.3 is 0 Å². The van der Waals surface area contributed by atoms with Gasteiger partial charge in [-0.25, -0.2) is 8.42 Å². The van der Waals surface area contributed by atoms with Gasteiger partial charge in [-0.15, -0.1) is 11.3 Å². The number of aryl methyl sites for hydroxylation is 1. The smallest absolute Gasteiger partial charge is 0.265 e. The number of amides is 2. The number of carbonyl (C=O) groups is 2. The molecule has 2 N–H and O–H groups in total. The summed E-state index contributed by atoms with van der Waals surface area (Å²) in [6.45, 7) is 3.12. The van der Waals surface area contributed by atoms with Crippen molar-refractivity contribution < 1.29 is 18.0 Å². The summed E-state index contributed by atoms with van der Waals surface area (Å²) in [7, 11) is -3.91. The number of sulfonamides is 1. The van der Waals surface area contributed by atoms with Gasteiger partial charge in [0.2, 0.25) is 5.91 Å². The maximum atomic E-state index is 13.1. The fourth-order valence-electron chi connectivity index (χ4n) is 3.82.